The summed E-state index contributed by atoms with van der Waals surface area (Å²) >= 11 is 0. The van der Waals surface area contributed by atoms with Gasteiger partial charge in [0.25, 0.3) is 5.91 Å². The predicted molar refractivity (Wildman–Crippen MR) is 80.2 cm³/mol. The van der Waals surface area contributed by atoms with Crippen LogP contribution in [0.15, 0.2) is 30.5 Å². The van der Waals surface area contributed by atoms with Gasteiger partial charge in [0.15, 0.2) is 0 Å². The molecule has 0 aliphatic rings. The lowest BCUT2D eigenvalue weighted by Gasteiger charge is -2.22. The van der Waals surface area contributed by atoms with Crippen LogP contribution in [0, 0.1) is 5.41 Å². The third-order valence-corrected chi connectivity index (χ3v) is 3.33. The van der Waals surface area contributed by atoms with Gasteiger partial charge < -0.3 is 16.2 Å². The standard InChI is InChI=1S/C15H17N3O3/c1-15(2,14(20)21)8-18-12-9-5-3-4-6-11(9)17-7-10(12)13(16)19/h3-7H,8H2,1-2H3,(H2,16,19)(H,17,18)(H,20,21). The summed E-state index contributed by atoms with van der Waals surface area (Å²) in [6.45, 7) is 3.38. The number of hydrogen-bond acceptors (Lipinski definition) is 4. The first kappa shape index (κ1) is 14.8. The van der Waals surface area contributed by atoms with Crippen molar-refractivity contribution < 1.29 is 14.7 Å². The van der Waals surface area contributed by atoms with E-state index in [1.165, 1.54) is 6.20 Å². The fraction of sp³-hybridized carbons (Fsp3) is 0.267. The summed E-state index contributed by atoms with van der Waals surface area (Å²) < 4.78 is 0. The van der Waals surface area contributed by atoms with Crippen LogP contribution in [0.2, 0.25) is 0 Å². The van der Waals surface area contributed by atoms with Crippen molar-refractivity contribution in [3.8, 4) is 0 Å². The van der Waals surface area contributed by atoms with E-state index in [1.54, 1.807) is 13.8 Å². The highest BCUT2D eigenvalue weighted by atomic mass is 16.4. The number of rotatable bonds is 5. The summed E-state index contributed by atoms with van der Waals surface area (Å²) in [7, 11) is 0. The SMILES string of the molecule is CC(C)(CNc1c(C(N)=O)cnc2ccccc12)C(=O)O. The van der Waals surface area contributed by atoms with Crippen molar-refractivity contribution in [1.29, 1.82) is 0 Å². The number of para-hydroxylation sites is 1. The Hall–Kier alpha value is -2.63. The predicted octanol–water partition coefficient (Wildman–Crippen LogP) is 1.86. The average molecular weight is 287 g/mol. The average Bonchev–Trinajstić information content (AvgIpc) is 2.44. The number of pyridine rings is 1. The molecule has 0 atom stereocenters. The molecule has 4 N–H and O–H groups in total. The minimum atomic E-state index is -0.973. The molecule has 110 valence electrons. The number of carboxylic acid groups (broad SMARTS) is 1. The van der Waals surface area contributed by atoms with Crippen LogP contribution in [-0.4, -0.2) is 28.5 Å². The van der Waals surface area contributed by atoms with Crippen LogP contribution >= 0.6 is 0 Å². The molecule has 21 heavy (non-hydrogen) atoms. The lowest BCUT2D eigenvalue weighted by Crippen LogP contribution is -2.32. The van der Waals surface area contributed by atoms with E-state index in [1.807, 2.05) is 24.3 Å². The minimum absolute atomic E-state index is 0.163. The molecule has 6 heteroatoms. The van der Waals surface area contributed by atoms with Crippen LogP contribution in [0.5, 0.6) is 0 Å². The topological polar surface area (TPSA) is 105 Å². The van der Waals surface area contributed by atoms with E-state index in [9.17, 15) is 9.59 Å². The van der Waals surface area contributed by atoms with Crippen LogP contribution < -0.4 is 11.1 Å². The Bertz CT molecular complexity index is 710. The maximum Gasteiger partial charge on any atom is 0.310 e. The number of anilines is 1. The summed E-state index contributed by atoms with van der Waals surface area (Å²) in [5.74, 6) is -1.53. The first-order chi connectivity index (χ1) is 9.83. The first-order valence-electron chi connectivity index (χ1n) is 6.48. The van der Waals surface area contributed by atoms with Crippen LogP contribution in [0.25, 0.3) is 10.9 Å². The number of aromatic nitrogens is 1. The van der Waals surface area contributed by atoms with Gasteiger partial charge in [0.1, 0.15) is 0 Å². The van der Waals surface area contributed by atoms with Gasteiger partial charge in [-0.3, -0.25) is 14.6 Å². The molecule has 6 nitrogen and oxygen atoms in total. The van der Waals surface area contributed by atoms with Gasteiger partial charge in [0, 0.05) is 18.1 Å². The first-order valence-corrected chi connectivity index (χ1v) is 6.48. The number of nitrogens with zero attached hydrogens (tertiary/aromatic N) is 1. The van der Waals surface area contributed by atoms with Gasteiger partial charge in [-0.2, -0.15) is 0 Å². The summed E-state index contributed by atoms with van der Waals surface area (Å²) in [6.07, 6.45) is 1.40. The van der Waals surface area contributed by atoms with Crippen LogP contribution in [0.1, 0.15) is 24.2 Å². The fourth-order valence-corrected chi connectivity index (χ4v) is 1.90. The maximum atomic E-state index is 11.5. The minimum Gasteiger partial charge on any atom is -0.481 e. The van der Waals surface area contributed by atoms with E-state index < -0.39 is 17.3 Å². The summed E-state index contributed by atoms with van der Waals surface area (Å²) in [5, 5.41) is 12.9. The number of carbonyl (C=O) groups excluding carboxylic acids is 1. The van der Waals surface area contributed by atoms with E-state index in [0.29, 0.717) is 11.2 Å². The van der Waals surface area contributed by atoms with Crippen LogP contribution in [-0.2, 0) is 4.79 Å². The number of hydrogen-bond donors (Lipinski definition) is 3. The molecule has 1 aromatic carbocycles. The molecule has 1 aromatic heterocycles. The highest BCUT2D eigenvalue weighted by Crippen LogP contribution is 2.27. The Morgan fingerprint density at radius 2 is 2.00 bits per heavy atom. The van der Waals surface area contributed by atoms with Crippen molar-refractivity contribution in [2.75, 3.05) is 11.9 Å². The number of benzene rings is 1. The van der Waals surface area contributed by atoms with Gasteiger partial charge in [0.05, 0.1) is 22.2 Å². The monoisotopic (exact) mass is 287 g/mol. The number of nitrogens with two attached hydrogens (primary N) is 1. The van der Waals surface area contributed by atoms with Crippen LogP contribution in [0.4, 0.5) is 5.69 Å². The molecule has 0 spiro atoms. The highest BCUT2D eigenvalue weighted by molar-refractivity contribution is 6.06. The Kier molecular flexibility index (Phi) is 3.80. The zero-order chi connectivity index (χ0) is 15.6. The van der Waals surface area contributed by atoms with E-state index in [-0.39, 0.29) is 12.1 Å². The number of carboxylic acids is 1. The second-order valence-electron chi connectivity index (χ2n) is 5.47. The van der Waals surface area contributed by atoms with Gasteiger partial charge >= 0.3 is 5.97 Å². The van der Waals surface area contributed by atoms with Crippen molar-refractivity contribution in [3.05, 3.63) is 36.0 Å². The van der Waals surface area contributed by atoms with Gasteiger partial charge in [-0.25, -0.2) is 0 Å². The fourth-order valence-electron chi connectivity index (χ4n) is 1.90. The van der Waals surface area contributed by atoms with Crippen molar-refractivity contribution in [1.82, 2.24) is 4.98 Å². The molecule has 0 saturated carbocycles. The number of primary amides is 1. The molecule has 1 heterocycles. The smallest absolute Gasteiger partial charge is 0.310 e. The van der Waals surface area contributed by atoms with Gasteiger partial charge in [-0.15, -0.1) is 0 Å². The molecular formula is C15H17N3O3. The molecule has 2 aromatic rings. The molecule has 0 aliphatic carbocycles. The molecule has 0 unspecified atom stereocenters. The number of amides is 1. The third-order valence-electron chi connectivity index (χ3n) is 3.33. The largest absolute Gasteiger partial charge is 0.481 e. The lowest BCUT2D eigenvalue weighted by atomic mass is 9.93. The third kappa shape index (κ3) is 2.94. The lowest BCUT2D eigenvalue weighted by molar-refractivity contribution is -0.146. The number of carbonyl (C=O) groups is 2. The van der Waals surface area contributed by atoms with E-state index in [2.05, 4.69) is 10.3 Å². The van der Waals surface area contributed by atoms with Crippen molar-refractivity contribution in [3.63, 3.8) is 0 Å². The Labute approximate surface area is 122 Å². The molecular weight excluding hydrogens is 270 g/mol. The second-order valence-corrected chi connectivity index (χ2v) is 5.47. The molecule has 1 amide bonds. The number of nitrogens with one attached hydrogen (secondary N) is 1. The molecule has 0 saturated heterocycles. The quantitative estimate of drug-likeness (QED) is 0.778. The van der Waals surface area contributed by atoms with E-state index in [4.69, 9.17) is 10.8 Å². The zero-order valence-electron chi connectivity index (χ0n) is 11.9. The van der Waals surface area contributed by atoms with Crippen molar-refractivity contribution in [2.24, 2.45) is 11.1 Å². The van der Waals surface area contributed by atoms with Crippen molar-refractivity contribution >= 4 is 28.5 Å². The van der Waals surface area contributed by atoms with E-state index >= 15 is 0 Å². The zero-order valence-corrected chi connectivity index (χ0v) is 11.9. The summed E-state index contributed by atoms with van der Waals surface area (Å²) in [5.41, 5.74) is 5.86. The molecule has 0 aliphatic heterocycles. The Balaban J connectivity index is 2.47. The van der Waals surface area contributed by atoms with Crippen LogP contribution in [0.3, 0.4) is 0 Å². The normalized spacial score (nSPS) is 11.3. The number of fused-ring (bicyclic) bond motifs is 1. The van der Waals surface area contributed by atoms with E-state index in [0.717, 1.165) is 5.39 Å². The summed E-state index contributed by atoms with van der Waals surface area (Å²) in [4.78, 5) is 26.9. The molecule has 0 radical (unpaired) electrons. The highest BCUT2D eigenvalue weighted by Gasteiger charge is 2.27. The molecule has 0 fully saturated rings. The van der Waals surface area contributed by atoms with Crippen molar-refractivity contribution in [2.45, 2.75) is 13.8 Å². The molecule has 0 bridgehead atoms. The Morgan fingerprint density at radius 1 is 1.33 bits per heavy atom. The van der Waals surface area contributed by atoms with Gasteiger partial charge in [-0.05, 0) is 19.9 Å². The summed E-state index contributed by atoms with van der Waals surface area (Å²) in [6, 6.07) is 7.28. The molecule has 2 rings (SSSR count). The Morgan fingerprint density at radius 3 is 2.62 bits per heavy atom. The van der Waals surface area contributed by atoms with Gasteiger partial charge in [0.2, 0.25) is 0 Å². The van der Waals surface area contributed by atoms with Gasteiger partial charge in [-0.1, -0.05) is 18.2 Å². The second kappa shape index (κ2) is 5.40. The maximum absolute atomic E-state index is 11.5. The number of aliphatic carboxylic acids is 1.